The molecule has 17 nitrogen and oxygen atoms in total. The molecule has 1 fully saturated rings. The summed E-state index contributed by atoms with van der Waals surface area (Å²) in [5.41, 5.74) is 5.20. The maximum atomic E-state index is 13.4. The second kappa shape index (κ2) is 29.9. The second-order valence-corrected chi connectivity index (χ2v) is 20.5. The van der Waals surface area contributed by atoms with Crippen LogP contribution in [0.5, 0.6) is 0 Å². The minimum absolute atomic E-state index is 0.136. The number of allylic oxidation sites excluding steroid dienone is 1. The third-order valence-corrected chi connectivity index (χ3v) is 14.0. The number of carboxylic acid groups (broad SMARTS) is 3. The van der Waals surface area contributed by atoms with Gasteiger partial charge in [0.1, 0.15) is 5.69 Å². The lowest BCUT2D eigenvalue weighted by molar-refractivity contribution is -0.384. The van der Waals surface area contributed by atoms with Gasteiger partial charge < -0.3 is 30.4 Å². The van der Waals surface area contributed by atoms with E-state index in [4.69, 9.17) is 41.3 Å². The molecule has 4 aromatic rings. The van der Waals surface area contributed by atoms with Crippen LogP contribution in [-0.2, 0) is 24.4 Å². The highest BCUT2D eigenvalue weighted by Gasteiger charge is 2.39. The number of hydrogen-bond acceptors (Lipinski definition) is 13. The number of rotatable bonds is 16. The number of nitrogens with zero attached hydrogens (tertiary/aromatic N) is 4. The summed E-state index contributed by atoms with van der Waals surface area (Å²) in [6.45, 7) is 5.17. The fourth-order valence-electron chi connectivity index (χ4n) is 7.31. The Kier molecular flexibility index (Phi) is 25.2. The minimum Gasteiger partial charge on any atom is -0.475 e. The summed E-state index contributed by atoms with van der Waals surface area (Å²) in [5, 5.41) is 37.6. The van der Waals surface area contributed by atoms with Crippen molar-refractivity contribution < 1.29 is 87.4 Å². The van der Waals surface area contributed by atoms with Gasteiger partial charge in [-0.3, -0.25) is 19.8 Å². The van der Waals surface area contributed by atoms with Gasteiger partial charge in [0.25, 0.3) is 21.6 Å². The van der Waals surface area contributed by atoms with Crippen molar-refractivity contribution in [3.63, 3.8) is 0 Å². The van der Waals surface area contributed by atoms with Crippen molar-refractivity contribution in [1.29, 1.82) is 0 Å². The minimum atomic E-state index is -5.08. The van der Waals surface area contributed by atoms with Crippen LogP contribution in [0.3, 0.4) is 0 Å². The van der Waals surface area contributed by atoms with Crippen molar-refractivity contribution in [1.82, 2.24) is 14.5 Å². The first-order valence-corrected chi connectivity index (χ1v) is 26.0. The molecule has 0 bridgehead atoms. The van der Waals surface area contributed by atoms with Gasteiger partial charge in [-0.1, -0.05) is 53.9 Å². The molecule has 6 rings (SSSR count). The molecule has 1 atom stereocenters. The zero-order chi connectivity index (χ0) is 58.6. The lowest BCUT2D eigenvalue weighted by atomic mass is 9.95. The van der Waals surface area contributed by atoms with E-state index in [1.54, 1.807) is 23.9 Å². The summed E-state index contributed by atoms with van der Waals surface area (Å²) in [6, 6.07) is 28.5. The van der Waals surface area contributed by atoms with Crippen LogP contribution in [0.2, 0.25) is 5.02 Å². The molecule has 1 heterocycles. The number of benzene rings is 4. The first kappa shape index (κ1) is 65.7. The largest absolute Gasteiger partial charge is 0.490 e. The van der Waals surface area contributed by atoms with E-state index in [-0.39, 0.29) is 27.9 Å². The van der Waals surface area contributed by atoms with Gasteiger partial charge >= 0.3 is 36.4 Å². The van der Waals surface area contributed by atoms with Crippen molar-refractivity contribution in [2.75, 3.05) is 69.3 Å². The average Bonchev–Trinajstić information content (AvgIpc) is 3.61. The third-order valence-electron chi connectivity index (χ3n) is 11.2. The number of halogens is 10. The Morgan fingerprint density at radius 2 is 1.28 bits per heavy atom. The standard InChI is InChI=1S/C43H51ClN6O5S2.3C2HF3O2/c1-47(2)24-23-36(31-56-38-10-6-4-7-11-38)45-41-22-21-39(29-42(41)50(52)53)57(54,55)46-43(51)33-15-19-37(20-16-33)49-27-25-48(26-28-49)30-34-9-5-3-8-12-40(34)32-13-17-35(44)18-14-32;3*3-2(4,5)1(6)7/h4,6-7,10-11,13-22,29,36,45H,3,5,8-9,12,23-28,30-31H2,1-2H3,(H,46,51);3*(H,6,7)/t36-;;;/m1.../s1. The molecule has 0 aromatic heterocycles. The van der Waals surface area contributed by atoms with Crippen LogP contribution in [0.4, 0.5) is 56.6 Å². The quantitative estimate of drug-likeness (QED) is 0.0303. The number of carbonyl (C=O) groups excluding carboxylic acids is 1. The number of nitrogens with one attached hydrogen (secondary N) is 2. The number of hydrogen-bond donors (Lipinski definition) is 5. The van der Waals surface area contributed by atoms with Gasteiger partial charge in [-0.25, -0.2) is 27.5 Å². The Morgan fingerprint density at radius 3 is 1.78 bits per heavy atom. The predicted octanol–water partition coefficient (Wildman–Crippen LogP) is 10.3. The summed E-state index contributed by atoms with van der Waals surface area (Å²) in [5.74, 6) is -8.44. The van der Waals surface area contributed by atoms with Crippen LogP contribution in [0.1, 0.15) is 54.4 Å². The zero-order valence-electron chi connectivity index (χ0n) is 41.5. The number of alkyl halides is 9. The normalized spacial score (nSPS) is 14.7. The summed E-state index contributed by atoms with van der Waals surface area (Å²) >= 11 is 7.82. The first-order valence-electron chi connectivity index (χ1n) is 23.2. The molecule has 0 radical (unpaired) electrons. The summed E-state index contributed by atoms with van der Waals surface area (Å²) in [4.78, 5) is 59.0. The molecule has 1 amide bonds. The van der Waals surface area contributed by atoms with Crippen LogP contribution in [0.15, 0.2) is 112 Å². The number of nitro groups is 1. The molecule has 0 unspecified atom stereocenters. The number of carboxylic acids is 3. The zero-order valence-corrected chi connectivity index (χ0v) is 43.9. The van der Waals surface area contributed by atoms with Crippen molar-refractivity contribution >= 4 is 79.8 Å². The number of sulfonamides is 1. The van der Waals surface area contributed by atoms with Crippen LogP contribution >= 0.6 is 23.4 Å². The molecule has 5 N–H and O–H groups in total. The molecule has 1 saturated heterocycles. The van der Waals surface area contributed by atoms with Gasteiger partial charge in [0.2, 0.25) is 0 Å². The maximum absolute atomic E-state index is 13.4. The predicted molar refractivity (Wildman–Crippen MR) is 273 cm³/mol. The van der Waals surface area contributed by atoms with E-state index in [1.165, 1.54) is 48.1 Å². The lowest BCUT2D eigenvalue weighted by Gasteiger charge is -2.37. The molecular formula is C49H54ClF9N6O11S2. The fraction of sp³-hybridized carbons (Fsp3) is 0.388. The van der Waals surface area contributed by atoms with E-state index >= 15 is 0 Å². The fourth-order valence-corrected chi connectivity index (χ4v) is 9.43. The molecule has 428 valence electrons. The van der Waals surface area contributed by atoms with Crippen LogP contribution in [0, 0.1) is 10.1 Å². The highest BCUT2D eigenvalue weighted by molar-refractivity contribution is 7.99. The highest BCUT2D eigenvalue weighted by atomic mass is 35.5. The van der Waals surface area contributed by atoms with Crippen LogP contribution < -0.4 is 14.9 Å². The van der Waals surface area contributed by atoms with E-state index in [1.807, 2.05) is 73.6 Å². The second-order valence-electron chi connectivity index (χ2n) is 17.3. The van der Waals surface area contributed by atoms with Crippen molar-refractivity contribution in [2.45, 2.75) is 72.9 Å². The summed E-state index contributed by atoms with van der Waals surface area (Å²) in [7, 11) is -0.494. The Labute approximate surface area is 451 Å². The number of amides is 1. The molecule has 1 aliphatic heterocycles. The van der Waals surface area contributed by atoms with E-state index in [0.29, 0.717) is 12.2 Å². The smallest absolute Gasteiger partial charge is 0.475 e. The molecular weight excluding hydrogens is 1120 g/mol. The SMILES string of the molecule is CN(C)CC[C@H](CSc1ccccc1)Nc1ccc(S(=O)(=O)NC(=O)c2ccc(N3CCN(CC4=C(c5ccc(Cl)cc5)CCCCC4)CC3)cc2)cc1[N+](=O)[O-].O=C(O)C(F)(F)F.O=C(O)C(F)(F)F.O=C(O)C(F)(F)F. The summed E-state index contributed by atoms with van der Waals surface area (Å²) < 4.78 is 124. The van der Waals surface area contributed by atoms with Gasteiger partial charge in [-0.15, -0.1) is 11.8 Å². The number of anilines is 2. The van der Waals surface area contributed by atoms with E-state index in [2.05, 4.69) is 32.0 Å². The number of piperazine rings is 1. The van der Waals surface area contributed by atoms with Gasteiger partial charge in [0.15, 0.2) is 0 Å². The van der Waals surface area contributed by atoms with E-state index < -0.39 is 57.3 Å². The number of nitro benzene ring substituents is 1. The highest BCUT2D eigenvalue weighted by Crippen LogP contribution is 2.34. The van der Waals surface area contributed by atoms with Crippen molar-refractivity contribution in [2.24, 2.45) is 0 Å². The Hall–Kier alpha value is -6.62. The lowest BCUT2D eigenvalue weighted by Crippen LogP contribution is -2.47. The van der Waals surface area contributed by atoms with Gasteiger partial charge in [0, 0.05) is 71.8 Å². The van der Waals surface area contributed by atoms with E-state index in [9.17, 15) is 62.8 Å². The molecule has 4 aromatic carbocycles. The molecule has 0 saturated carbocycles. The molecule has 29 heteroatoms. The van der Waals surface area contributed by atoms with Crippen molar-refractivity contribution in [3.8, 4) is 0 Å². The van der Waals surface area contributed by atoms with Gasteiger partial charge in [-0.2, -0.15) is 39.5 Å². The summed E-state index contributed by atoms with van der Waals surface area (Å²) in [6.07, 6.45) is -8.67. The van der Waals surface area contributed by atoms with Gasteiger partial charge in [0.05, 0.1) is 9.82 Å². The Balaban J connectivity index is 0.000000641. The number of carbonyl (C=O) groups is 4. The molecule has 78 heavy (non-hydrogen) atoms. The molecule has 1 aliphatic carbocycles. The van der Waals surface area contributed by atoms with Crippen molar-refractivity contribution in [3.05, 3.63) is 129 Å². The van der Waals surface area contributed by atoms with Crippen LogP contribution in [0.25, 0.3) is 5.57 Å². The molecule has 2 aliphatic rings. The molecule has 0 spiro atoms. The first-order chi connectivity index (χ1) is 36.3. The third kappa shape index (κ3) is 22.8. The van der Waals surface area contributed by atoms with E-state index in [0.717, 1.165) is 73.8 Å². The maximum Gasteiger partial charge on any atom is 0.490 e. The number of aliphatic carboxylic acids is 3. The monoisotopic (exact) mass is 1170 g/mol. The van der Waals surface area contributed by atoms with Gasteiger partial charge in [-0.05, 0) is 125 Å². The Morgan fingerprint density at radius 1 is 0.756 bits per heavy atom. The van der Waals surface area contributed by atoms with Crippen LogP contribution in [-0.4, -0.2) is 146 Å². The topological polar surface area (TPSA) is 240 Å². The number of thioether (sulfide) groups is 1. The Bertz CT molecular complexity index is 2730. The average molecular weight is 1170 g/mol.